The van der Waals surface area contributed by atoms with Gasteiger partial charge in [0, 0.05) is 11.3 Å². The Bertz CT molecular complexity index is 359. The molecular formula is C10H10N4. The van der Waals surface area contributed by atoms with Gasteiger partial charge in [-0.1, -0.05) is 35.4 Å². The molecule has 0 aliphatic carbocycles. The minimum atomic E-state index is -0.221. The Morgan fingerprint density at radius 3 is 2.71 bits per heavy atom. The number of rotatable bonds is 4. The highest BCUT2D eigenvalue weighted by molar-refractivity contribution is 5.19. The number of benzene rings is 1. The van der Waals surface area contributed by atoms with E-state index in [1.54, 1.807) is 0 Å². The summed E-state index contributed by atoms with van der Waals surface area (Å²) >= 11 is 0. The van der Waals surface area contributed by atoms with Gasteiger partial charge in [-0.3, -0.25) is 0 Å². The molecule has 0 bridgehead atoms. The van der Waals surface area contributed by atoms with Gasteiger partial charge in [0.1, 0.15) is 0 Å². The van der Waals surface area contributed by atoms with Gasteiger partial charge in [0.2, 0.25) is 0 Å². The van der Waals surface area contributed by atoms with E-state index in [1.165, 1.54) is 0 Å². The summed E-state index contributed by atoms with van der Waals surface area (Å²) in [6.45, 7) is 0. The van der Waals surface area contributed by atoms with Gasteiger partial charge in [0.25, 0.3) is 0 Å². The van der Waals surface area contributed by atoms with E-state index >= 15 is 0 Å². The summed E-state index contributed by atoms with van der Waals surface area (Å²) in [6.07, 6.45) is 0.975. The first-order valence-corrected chi connectivity index (χ1v) is 4.34. The van der Waals surface area contributed by atoms with Gasteiger partial charge in [-0.05, 0) is 17.5 Å². The van der Waals surface area contributed by atoms with E-state index in [1.807, 2.05) is 36.4 Å². The second-order valence-electron chi connectivity index (χ2n) is 2.83. The summed E-state index contributed by atoms with van der Waals surface area (Å²) in [5.41, 5.74) is 9.33. The van der Waals surface area contributed by atoms with Gasteiger partial charge in [-0.25, -0.2) is 0 Å². The van der Waals surface area contributed by atoms with Gasteiger partial charge in [0.15, 0.2) is 0 Å². The lowest BCUT2D eigenvalue weighted by atomic mass is 10.0. The molecule has 0 radical (unpaired) electrons. The van der Waals surface area contributed by atoms with E-state index in [4.69, 9.17) is 10.8 Å². The van der Waals surface area contributed by atoms with Crippen LogP contribution in [0, 0.1) is 11.3 Å². The summed E-state index contributed by atoms with van der Waals surface area (Å²) in [5.74, 6) is 0. The van der Waals surface area contributed by atoms with E-state index in [2.05, 4.69) is 10.0 Å². The van der Waals surface area contributed by atoms with E-state index in [0.29, 0.717) is 12.8 Å². The molecule has 0 spiro atoms. The van der Waals surface area contributed by atoms with Gasteiger partial charge in [-0.15, -0.1) is 0 Å². The van der Waals surface area contributed by atoms with E-state index in [9.17, 15) is 0 Å². The van der Waals surface area contributed by atoms with Crippen LogP contribution in [0.2, 0.25) is 0 Å². The predicted octanol–water partition coefficient (Wildman–Crippen LogP) is 3.34. The van der Waals surface area contributed by atoms with Crippen LogP contribution in [0.15, 0.2) is 35.4 Å². The van der Waals surface area contributed by atoms with Crippen molar-refractivity contribution < 1.29 is 0 Å². The van der Waals surface area contributed by atoms with E-state index in [-0.39, 0.29) is 6.04 Å². The Labute approximate surface area is 82.4 Å². The Hall–Kier alpha value is -1.98. The first kappa shape index (κ1) is 10.1. The third-order valence-corrected chi connectivity index (χ3v) is 1.90. The van der Waals surface area contributed by atoms with E-state index in [0.717, 1.165) is 5.56 Å². The Kier molecular flexibility index (Phi) is 4.06. The normalized spacial score (nSPS) is 11.1. The van der Waals surface area contributed by atoms with Crippen molar-refractivity contribution in [3.63, 3.8) is 0 Å². The molecule has 0 aliphatic heterocycles. The number of hydrogen-bond donors (Lipinski definition) is 0. The second kappa shape index (κ2) is 5.63. The molecule has 1 unspecified atom stereocenters. The van der Waals surface area contributed by atoms with Crippen molar-refractivity contribution in [2.45, 2.75) is 18.9 Å². The fourth-order valence-electron chi connectivity index (χ4n) is 1.23. The Balaban J connectivity index is 2.79. The minimum Gasteiger partial charge on any atom is -0.198 e. The standard InChI is InChI=1S/C10H10N4/c11-8-4-7-10(13-14-12)9-5-2-1-3-6-9/h1-3,5-6,10H,4,7H2. The minimum absolute atomic E-state index is 0.221. The third kappa shape index (κ3) is 2.81. The Morgan fingerprint density at radius 1 is 1.43 bits per heavy atom. The molecule has 0 fully saturated rings. The number of nitriles is 1. The monoisotopic (exact) mass is 186 g/mol. The largest absolute Gasteiger partial charge is 0.198 e. The lowest BCUT2D eigenvalue weighted by Gasteiger charge is -2.08. The molecule has 1 rings (SSSR count). The first-order valence-electron chi connectivity index (χ1n) is 4.34. The maximum atomic E-state index is 8.45. The maximum Gasteiger partial charge on any atom is 0.0635 e. The molecule has 0 saturated carbocycles. The summed E-state index contributed by atoms with van der Waals surface area (Å²) in [4.78, 5) is 2.78. The van der Waals surface area contributed by atoms with Crippen LogP contribution in [-0.4, -0.2) is 0 Å². The SMILES string of the molecule is N#CCCC(N=[N+]=[N-])c1ccccc1. The number of nitrogens with zero attached hydrogens (tertiary/aromatic N) is 4. The molecule has 0 N–H and O–H groups in total. The molecule has 0 amide bonds. The average molecular weight is 186 g/mol. The number of hydrogen-bond acceptors (Lipinski definition) is 2. The van der Waals surface area contributed by atoms with Crippen molar-refractivity contribution in [3.8, 4) is 6.07 Å². The first-order chi connectivity index (χ1) is 6.88. The van der Waals surface area contributed by atoms with E-state index < -0.39 is 0 Å². The molecule has 0 aliphatic rings. The van der Waals surface area contributed by atoms with Crippen molar-refractivity contribution in [2.24, 2.45) is 5.11 Å². The zero-order valence-corrected chi connectivity index (χ0v) is 7.67. The summed E-state index contributed by atoms with van der Waals surface area (Å²) in [5, 5.41) is 12.1. The molecule has 0 saturated heterocycles. The van der Waals surface area contributed by atoms with Crippen LogP contribution in [0.5, 0.6) is 0 Å². The molecule has 1 aromatic rings. The lowest BCUT2D eigenvalue weighted by Crippen LogP contribution is -1.93. The molecule has 0 aromatic heterocycles. The topological polar surface area (TPSA) is 72.5 Å². The molecular weight excluding hydrogens is 176 g/mol. The highest BCUT2D eigenvalue weighted by Gasteiger charge is 2.07. The van der Waals surface area contributed by atoms with Crippen LogP contribution in [0.25, 0.3) is 10.4 Å². The predicted molar refractivity (Wildman–Crippen MR) is 53.2 cm³/mol. The molecule has 0 heterocycles. The highest BCUT2D eigenvalue weighted by atomic mass is 15.1. The smallest absolute Gasteiger partial charge is 0.0635 e. The molecule has 70 valence electrons. The summed E-state index contributed by atoms with van der Waals surface area (Å²) in [6, 6.07) is 11.3. The quantitative estimate of drug-likeness (QED) is 0.403. The van der Waals surface area contributed by atoms with Crippen LogP contribution in [0.3, 0.4) is 0 Å². The van der Waals surface area contributed by atoms with Gasteiger partial charge in [0.05, 0.1) is 12.1 Å². The molecule has 4 heteroatoms. The van der Waals surface area contributed by atoms with Crippen LogP contribution >= 0.6 is 0 Å². The van der Waals surface area contributed by atoms with Crippen molar-refractivity contribution in [1.29, 1.82) is 5.26 Å². The third-order valence-electron chi connectivity index (χ3n) is 1.90. The lowest BCUT2D eigenvalue weighted by molar-refractivity contribution is 0.660. The van der Waals surface area contributed by atoms with Crippen molar-refractivity contribution in [3.05, 3.63) is 46.3 Å². The second-order valence-corrected chi connectivity index (χ2v) is 2.83. The van der Waals surface area contributed by atoms with Crippen LogP contribution in [0.1, 0.15) is 24.4 Å². The van der Waals surface area contributed by atoms with Crippen molar-refractivity contribution in [1.82, 2.24) is 0 Å². The van der Waals surface area contributed by atoms with Crippen molar-refractivity contribution >= 4 is 0 Å². The number of azide groups is 1. The molecule has 4 nitrogen and oxygen atoms in total. The summed E-state index contributed by atoms with van der Waals surface area (Å²) in [7, 11) is 0. The van der Waals surface area contributed by atoms with Gasteiger partial charge in [-0.2, -0.15) is 5.26 Å². The fourth-order valence-corrected chi connectivity index (χ4v) is 1.23. The van der Waals surface area contributed by atoms with Gasteiger partial charge < -0.3 is 0 Å². The molecule has 14 heavy (non-hydrogen) atoms. The van der Waals surface area contributed by atoms with Crippen molar-refractivity contribution in [2.75, 3.05) is 0 Å². The average Bonchev–Trinajstić information content (AvgIpc) is 2.25. The van der Waals surface area contributed by atoms with Crippen LogP contribution in [0.4, 0.5) is 0 Å². The fraction of sp³-hybridized carbons (Fsp3) is 0.300. The Morgan fingerprint density at radius 2 is 2.14 bits per heavy atom. The van der Waals surface area contributed by atoms with Gasteiger partial charge >= 0.3 is 0 Å². The molecule has 1 aromatic carbocycles. The van der Waals surface area contributed by atoms with Crippen LogP contribution < -0.4 is 0 Å². The maximum absolute atomic E-state index is 8.45. The molecule has 1 atom stereocenters. The summed E-state index contributed by atoms with van der Waals surface area (Å²) < 4.78 is 0. The van der Waals surface area contributed by atoms with Crippen LogP contribution in [-0.2, 0) is 0 Å². The zero-order valence-electron chi connectivity index (χ0n) is 7.67. The zero-order chi connectivity index (χ0) is 10.2. The highest BCUT2D eigenvalue weighted by Crippen LogP contribution is 2.22.